The van der Waals surface area contributed by atoms with Gasteiger partial charge in [0.05, 0.1) is 16.8 Å². The monoisotopic (exact) mass is 488 g/mol. The Bertz CT molecular complexity index is 1380. The van der Waals surface area contributed by atoms with Gasteiger partial charge in [0.2, 0.25) is 5.91 Å². The molecule has 3 amide bonds. The zero-order chi connectivity index (χ0) is 25.8. The smallest absolute Gasteiger partial charge is 0.328 e. The number of carbonyl (C=O) groups excluding carboxylic acids is 4. The molecule has 1 aliphatic rings. The van der Waals surface area contributed by atoms with Crippen LogP contribution in [0.2, 0.25) is 0 Å². The van der Waals surface area contributed by atoms with Gasteiger partial charge in [-0.05, 0) is 25.1 Å². The molecule has 1 aromatic heterocycles. The molecule has 2 aromatic carbocycles. The maximum atomic E-state index is 13.2. The average molecular weight is 489 g/mol. The first-order chi connectivity index (χ1) is 17.3. The molecule has 0 bridgehead atoms. The molecule has 1 unspecified atom stereocenters. The minimum Gasteiger partial charge on any atom is -0.478 e. The third kappa shape index (κ3) is 5.02. The number of hydrogen-bond donors (Lipinski definition) is 3. The summed E-state index contributed by atoms with van der Waals surface area (Å²) < 4.78 is 0. The van der Waals surface area contributed by atoms with Crippen molar-refractivity contribution in [3.8, 4) is 0 Å². The van der Waals surface area contributed by atoms with Crippen molar-refractivity contribution in [3.63, 3.8) is 0 Å². The van der Waals surface area contributed by atoms with Gasteiger partial charge in [-0.1, -0.05) is 30.3 Å². The molecule has 3 aromatic rings. The Morgan fingerprint density at radius 1 is 1.00 bits per heavy atom. The fourth-order valence-electron chi connectivity index (χ4n) is 4.22. The minimum atomic E-state index is -1.26. The predicted molar refractivity (Wildman–Crippen MR) is 132 cm³/mol. The van der Waals surface area contributed by atoms with Crippen LogP contribution >= 0.6 is 0 Å². The molecule has 184 valence electrons. The van der Waals surface area contributed by atoms with Gasteiger partial charge in [-0.15, -0.1) is 0 Å². The highest BCUT2D eigenvalue weighted by atomic mass is 16.4. The number of Topliss-reactive ketones (excluding diaryl/α,β-unsaturated/α-hetero) is 1. The van der Waals surface area contributed by atoms with E-state index in [1.54, 1.807) is 54.3 Å². The first-order valence-electron chi connectivity index (χ1n) is 11.3. The van der Waals surface area contributed by atoms with Crippen molar-refractivity contribution in [2.24, 2.45) is 0 Å². The molecular weight excluding hydrogens is 464 g/mol. The number of nitrogens with zero attached hydrogens (tertiary/aromatic N) is 2. The number of fused-ring (bicyclic) bond motifs is 1. The molecule has 2 heterocycles. The highest BCUT2D eigenvalue weighted by Crippen LogP contribution is 2.27. The molecule has 1 fully saturated rings. The number of anilines is 1. The van der Waals surface area contributed by atoms with E-state index in [9.17, 15) is 24.0 Å². The summed E-state index contributed by atoms with van der Waals surface area (Å²) in [7, 11) is 0. The first kappa shape index (κ1) is 24.4. The molecule has 4 rings (SSSR count). The van der Waals surface area contributed by atoms with E-state index in [4.69, 9.17) is 5.11 Å². The quantitative estimate of drug-likeness (QED) is 0.276. The number of para-hydroxylation sites is 1. The van der Waals surface area contributed by atoms with Crippen molar-refractivity contribution in [2.75, 3.05) is 25.0 Å². The summed E-state index contributed by atoms with van der Waals surface area (Å²) in [5.41, 5.74) is 1.49. The number of nitrogens with one attached hydrogen (secondary N) is 2. The summed E-state index contributed by atoms with van der Waals surface area (Å²) in [6.07, 6.45) is 3.00. The highest BCUT2D eigenvalue weighted by molar-refractivity contribution is 6.45. The molecule has 36 heavy (non-hydrogen) atoms. The van der Waals surface area contributed by atoms with Crippen LogP contribution in [0, 0.1) is 0 Å². The van der Waals surface area contributed by atoms with Crippen molar-refractivity contribution >= 4 is 46.1 Å². The summed E-state index contributed by atoms with van der Waals surface area (Å²) in [4.78, 5) is 67.7. The van der Waals surface area contributed by atoms with Gasteiger partial charge in [-0.2, -0.15) is 0 Å². The second kappa shape index (κ2) is 10.3. The maximum Gasteiger partial charge on any atom is 0.328 e. The zero-order valence-corrected chi connectivity index (χ0v) is 19.4. The Morgan fingerprint density at radius 3 is 2.44 bits per heavy atom. The van der Waals surface area contributed by atoms with E-state index < -0.39 is 23.6 Å². The van der Waals surface area contributed by atoms with Gasteiger partial charge in [0, 0.05) is 55.0 Å². The zero-order valence-electron chi connectivity index (χ0n) is 19.4. The Kier molecular flexibility index (Phi) is 6.95. The fourth-order valence-corrected chi connectivity index (χ4v) is 4.22. The Morgan fingerprint density at radius 2 is 1.75 bits per heavy atom. The predicted octanol–water partition coefficient (Wildman–Crippen LogP) is 2.30. The largest absolute Gasteiger partial charge is 0.478 e. The number of carboxylic acids is 1. The Labute approximate surface area is 206 Å². The van der Waals surface area contributed by atoms with E-state index in [-0.39, 0.29) is 24.1 Å². The lowest BCUT2D eigenvalue weighted by Gasteiger charge is -2.39. The number of H-pyrrole nitrogens is 1. The van der Waals surface area contributed by atoms with Crippen molar-refractivity contribution in [2.45, 2.75) is 13.0 Å². The fraction of sp³-hybridized carbons (Fsp3) is 0.192. The molecule has 1 aliphatic heterocycles. The summed E-state index contributed by atoms with van der Waals surface area (Å²) in [6.45, 7) is 2.64. The number of benzene rings is 2. The topological polar surface area (TPSA) is 140 Å². The lowest BCUT2D eigenvalue weighted by atomic mass is 10.1. The first-order valence-corrected chi connectivity index (χ1v) is 11.3. The lowest BCUT2D eigenvalue weighted by Crippen LogP contribution is -2.56. The van der Waals surface area contributed by atoms with E-state index in [2.05, 4.69) is 10.3 Å². The summed E-state index contributed by atoms with van der Waals surface area (Å²) in [6, 6.07) is 13.4. The number of aliphatic carboxylic acids is 1. The SMILES string of the molecule is CC1CN(C(=O)c2ccccc2)CCN1C(=O)C(=O)c1c[nH]c2c(NC(=O)C=CC(=O)O)cccc12. The number of aromatic nitrogens is 1. The van der Waals surface area contributed by atoms with E-state index in [1.807, 2.05) is 6.07 Å². The number of amides is 3. The third-order valence-corrected chi connectivity index (χ3v) is 5.99. The number of piperazine rings is 1. The average Bonchev–Trinajstić information content (AvgIpc) is 3.32. The molecule has 0 saturated carbocycles. The number of carbonyl (C=O) groups is 5. The lowest BCUT2D eigenvalue weighted by molar-refractivity contribution is -0.132. The van der Waals surface area contributed by atoms with Gasteiger partial charge in [0.1, 0.15) is 0 Å². The van der Waals surface area contributed by atoms with Crippen LogP contribution < -0.4 is 5.32 Å². The third-order valence-electron chi connectivity index (χ3n) is 5.99. The van der Waals surface area contributed by atoms with Crippen LogP contribution in [0.25, 0.3) is 10.9 Å². The van der Waals surface area contributed by atoms with Crippen LogP contribution in [-0.2, 0) is 14.4 Å². The molecule has 0 spiro atoms. The number of rotatable bonds is 6. The van der Waals surface area contributed by atoms with Gasteiger partial charge in [0.15, 0.2) is 0 Å². The minimum absolute atomic E-state index is 0.120. The summed E-state index contributed by atoms with van der Waals surface area (Å²) in [5, 5.41) is 11.7. The van der Waals surface area contributed by atoms with Crippen LogP contribution in [0.5, 0.6) is 0 Å². The van der Waals surface area contributed by atoms with Crippen molar-refractivity contribution in [1.29, 1.82) is 0 Å². The molecule has 10 nitrogen and oxygen atoms in total. The van der Waals surface area contributed by atoms with E-state index in [0.29, 0.717) is 41.3 Å². The Balaban J connectivity index is 1.48. The highest BCUT2D eigenvalue weighted by Gasteiger charge is 2.34. The van der Waals surface area contributed by atoms with Crippen molar-refractivity contribution in [1.82, 2.24) is 14.8 Å². The molecule has 3 N–H and O–H groups in total. The number of hydrogen-bond acceptors (Lipinski definition) is 5. The molecule has 1 saturated heterocycles. The van der Waals surface area contributed by atoms with Crippen LogP contribution in [-0.4, -0.2) is 75.0 Å². The normalized spacial score (nSPS) is 15.8. The van der Waals surface area contributed by atoms with Crippen LogP contribution in [0.3, 0.4) is 0 Å². The summed E-state index contributed by atoms with van der Waals surface area (Å²) >= 11 is 0. The number of carboxylic acid groups (broad SMARTS) is 1. The second-order valence-corrected chi connectivity index (χ2v) is 8.39. The van der Waals surface area contributed by atoms with Crippen molar-refractivity contribution in [3.05, 3.63) is 78.0 Å². The second-order valence-electron chi connectivity index (χ2n) is 8.39. The van der Waals surface area contributed by atoms with E-state index >= 15 is 0 Å². The van der Waals surface area contributed by atoms with E-state index in [1.165, 1.54) is 11.1 Å². The Hall–Kier alpha value is -4.73. The van der Waals surface area contributed by atoms with Crippen LogP contribution in [0.1, 0.15) is 27.6 Å². The van der Waals surface area contributed by atoms with Crippen LogP contribution in [0.4, 0.5) is 5.69 Å². The molecule has 10 heteroatoms. The molecular formula is C26H24N4O6. The number of aromatic amines is 1. The van der Waals surface area contributed by atoms with Crippen molar-refractivity contribution < 1.29 is 29.1 Å². The van der Waals surface area contributed by atoms with Gasteiger partial charge in [-0.25, -0.2) is 4.79 Å². The van der Waals surface area contributed by atoms with Gasteiger partial charge in [-0.3, -0.25) is 19.2 Å². The maximum absolute atomic E-state index is 13.2. The standard InChI is InChI=1S/C26H24N4O6/c1-16-15-29(25(35)17-6-3-2-4-7-17)12-13-30(16)26(36)24(34)19-14-27-23-18(19)8-5-9-20(23)28-21(31)10-11-22(32)33/h2-11,14,16,27H,12-13,15H2,1H3,(H,28,31)(H,32,33). The number of ketones is 1. The van der Waals surface area contributed by atoms with Crippen LogP contribution in [0.15, 0.2) is 66.9 Å². The molecule has 1 atom stereocenters. The summed E-state index contributed by atoms with van der Waals surface area (Å²) in [5.74, 6) is -3.40. The van der Waals surface area contributed by atoms with Gasteiger partial charge >= 0.3 is 5.97 Å². The van der Waals surface area contributed by atoms with E-state index in [0.717, 1.165) is 6.08 Å². The molecule has 0 radical (unpaired) electrons. The van der Waals surface area contributed by atoms with Gasteiger partial charge in [0.25, 0.3) is 17.6 Å². The van der Waals surface area contributed by atoms with Gasteiger partial charge < -0.3 is 25.2 Å². The molecule has 0 aliphatic carbocycles.